The molecule has 112 valence electrons. The molecule has 3 nitrogen and oxygen atoms in total. The average Bonchev–Trinajstić information content (AvgIpc) is 2.85. The first-order chi connectivity index (χ1) is 10.6. The summed E-state index contributed by atoms with van der Waals surface area (Å²) in [5, 5.41) is 4.47. The minimum absolute atomic E-state index is 0.125. The summed E-state index contributed by atoms with van der Waals surface area (Å²) in [7, 11) is 1.56. The molecule has 0 aliphatic heterocycles. The zero-order chi connectivity index (χ0) is 15.7. The van der Waals surface area contributed by atoms with Crippen molar-refractivity contribution in [2.24, 2.45) is 0 Å². The molecule has 0 aliphatic carbocycles. The number of hydrogen-bond donors (Lipinski definition) is 1. The highest BCUT2D eigenvalue weighted by Crippen LogP contribution is 2.32. The Morgan fingerprint density at radius 2 is 2.00 bits per heavy atom. The van der Waals surface area contributed by atoms with Crippen LogP contribution in [0.25, 0.3) is 10.1 Å². The molecule has 1 aromatic heterocycles. The number of halogens is 1. The van der Waals surface area contributed by atoms with Crippen LogP contribution in [0.15, 0.2) is 42.5 Å². The van der Waals surface area contributed by atoms with E-state index in [1.807, 2.05) is 31.2 Å². The molecule has 0 saturated carbocycles. The fourth-order valence-corrected chi connectivity index (χ4v) is 3.68. The number of nitrogens with one attached hydrogen (secondary N) is 1. The quantitative estimate of drug-likeness (QED) is 0.723. The SMILES string of the molecule is COc1ccc(NC(=O)c2sc3ccccc3c2C)cc1Cl. The second-order valence-electron chi connectivity index (χ2n) is 4.86. The van der Waals surface area contributed by atoms with E-state index in [-0.39, 0.29) is 5.91 Å². The van der Waals surface area contributed by atoms with E-state index in [1.165, 1.54) is 11.3 Å². The van der Waals surface area contributed by atoms with Crippen LogP contribution in [0.2, 0.25) is 5.02 Å². The number of fused-ring (bicyclic) bond motifs is 1. The van der Waals surface area contributed by atoms with E-state index >= 15 is 0 Å². The zero-order valence-electron chi connectivity index (χ0n) is 12.1. The third kappa shape index (κ3) is 2.67. The number of carbonyl (C=O) groups excluding carboxylic acids is 1. The second kappa shape index (κ2) is 5.99. The van der Waals surface area contributed by atoms with Crippen molar-refractivity contribution in [1.29, 1.82) is 0 Å². The van der Waals surface area contributed by atoms with Crippen molar-refractivity contribution in [2.75, 3.05) is 12.4 Å². The van der Waals surface area contributed by atoms with E-state index in [0.717, 1.165) is 15.6 Å². The second-order valence-corrected chi connectivity index (χ2v) is 6.32. The molecule has 3 rings (SSSR count). The Hall–Kier alpha value is -2.04. The fourth-order valence-electron chi connectivity index (χ4n) is 2.32. The van der Waals surface area contributed by atoms with Crippen molar-refractivity contribution >= 4 is 44.6 Å². The monoisotopic (exact) mass is 331 g/mol. The molecule has 1 N–H and O–H groups in total. The van der Waals surface area contributed by atoms with Crippen LogP contribution in [0, 0.1) is 6.92 Å². The van der Waals surface area contributed by atoms with Crippen molar-refractivity contribution < 1.29 is 9.53 Å². The van der Waals surface area contributed by atoms with Crippen molar-refractivity contribution in [2.45, 2.75) is 6.92 Å². The third-order valence-electron chi connectivity index (χ3n) is 3.46. The van der Waals surface area contributed by atoms with E-state index in [4.69, 9.17) is 16.3 Å². The standard InChI is InChI=1S/C17H14ClNO2S/c1-10-12-5-3-4-6-15(12)22-16(10)17(20)19-11-7-8-14(21-2)13(18)9-11/h3-9H,1-2H3,(H,19,20). The zero-order valence-corrected chi connectivity index (χ0v) is 13.7. The first-order valence-electron chi connectivity index (χ1n) is 6.73. The van der Waals surface area contributed by atoms with Gasteiger partial charge in [0.05, 0.1) is 17.0 Å². The van der Waals surface area contributed by atoms with Gasteiger partial charge in [0.15, 0.2) is 0 Å². The summed E-state index contributed by atoms with van der Waals surface area (Å²) < 4.78 is 6.22. The smallest absolute Gasteiger partial charge is 0.266 e. The normalized spacial score (nSPS) is 10.7. The van der Waals surface area contributed by atoms with Gasteiger partial charge in [0.2, 0.25) is 0 Å². The lowest BCUT2D eigenvalue weighted by Crippen LogP contribution is -2.11. The molecule has 2 aromatic carbocycles. The number of thiophene rings is 1. The molecule has 0 aliphatic rings. The molecule has 0 radical (unpaired) electrons. The Labute approximate surface area is 137 Å². The molecule has 1 heterocycles. The van der Waals surface area contributed by atoms with Crippen molar-refractivity contribution in [3.63, 3.8) is 0 Å². The minimum atomic E-state index is -0.125. The summed E-state index contributed by atoms with van der Waals surface area (Å²) in [6, 6.07) is 13.2. The predicted octanol–water partition coefficient (Wildman–Crippen LogP) is 5.12. The molecule has 1 amide bonds. The topological polar surface area (TPSA) is 38.3 Å². The Morgan fingerprint density at radius 3 is 2.68 bits per heavy atom. The molecular formula is C17H14ClNO2S. The van der Waals surface area contributed by atoms with Gasteiger partial charge in [-0.05, 0) is 42.1 Å². The molecular weight excluding hydrogens is 318 g/mol. The van der Waals surface area contributed by atoms with Gasteiger partial charge >= 0.3 is 0 Å². The van der Waals surface area contributed by atoms with Gasteiger partial charge in [-0.15, -0.1) is 11.3 Å². The molecule has 0 saturated heterocycles. The maximum atomic E-state index is 12.5. The van der Waals surface area contributed by atoms with E-state index in [2.05, 4.69) is 5.32 Å². The first-order valence-corrected chi connectivity index (χ1v) is 7.92. The largest absolute Gasteiger partial charge is 0.495 e. The van der Waals surface area contributed by atoms with Gasteiger partial charge in [0, 0.05) is 10.4 Å². The number of amides is 1. The summed E-state index contributed by atoms with van der Waals surface area (Å²) in [4.78, 5) is 13.2. The molecule has 3 aromatic rings. The highest BCUT2D eigenvalue weighted by molar-refractivity contribution is 7.21. The molecule has 0 unspecified atom stereocenters. The molecule has 0 fully saturated rings. The summed E-state index contributed by atoms with van der Waals surface area (Å²) in [6.07, 6.45) is 0. The van der Waals surface area contributed by atoms with Crippen LogP contribution >= 0.6 is 22.9 Å². The van der Waals surface area contributed by atoms with Gasteiger partial charge in [-0.3, -0.25) is 4.79 Å². The van der Waals surface area contributed by atoms with E-state index in [0.29, 0.717) is 21.3 Å². The van der Waals surface area contributed by atoms with Crippen LogP contribution in [0.3, 0.4) is 0 Å². The number of methoxy groups -OCH3 is 1. The lowest BCUT2D eigenvalue weighted by molar-refractivity contribution is 0.103. The number of carbonyl (C=O) groups is 1. The molecule has 5 heteroatoms. The van der Waals surface area contributed by atoms with E-state index < -0.39 is 0 Å². The number of hydrogen-bond acceptors (Lipinski definition) is 3. The molecule has 0 bridgehead atoms. The molecule has 0 spiro atoms. The highest BCUT2D eigenvalue weighted by atomic mass is 35.5. The number of ether oxygens (including phenoxy) is 1. The lowest BCUT2D eigenvalue weighted by Gasteiger charge is -2.07. The summed E-state index contributed by atoms with van der Waals surface area (Å²) in [6.45, 7) is 1.97. The number of benzene rings is 2. The maximum absolute atomic E-state index is 12.5. The van der Waals surface area contributed by atoms with Gasteiger partial charge < -0.3 is 10.1 Å². The van der Waals surface area contributed by atoms with Crippen LogP contribution in [-0.4, -0.2) is 13.0 Å². The van der Waals surface area contributed by atoms with Gasteiger partial charge in [0.1, 0.15) is 5.75 Å². The van der Waals surface area contributed by atoms with Crippen LogP contribution < -0.4 is 10.1 Å². The van der Waals surface area contributed by atoms with Crippen LogP contribution in [0.1, 0.15) is 15.2 Å². The fraction of sp³-hybridized carbons (Fsp3) is 0.118. The summed E-state index contributed by atoms with van der Waals surface area (Å²) in [5.74, 6) is 0.456. The van der Waals surface area contributed by atoms with Crippen LogP contribution in [0.4, 0.5) is 5.69 Å². The van der Waals surface area contributed by atoms with E-state index in [1.54, 1.807) is 25.3 Å². The minimum Gasteiger partial charge on any atom is -0.495 e. The van der Waals surface area contributed by atoms with Crippen molar-refractivity contribution in [1.82, 2.24) is 0 Å². The molecule has 0 atom stereocenters. The number of aryl methyl sites for hydroxylation is 1. The number of anilines is 1. The van der Waals surface area contributed by atoms with Crippen LogP contribution in [-0.2, 0) is 0 Å². The number of rotatable bonds is 3. The Kier molecular flexibility index (Phi) is 4.05. The van der Waals surface area contributed by atoms with Gasteiger partial charge in [-0.25, -0.2) is 0 Å². The van der Waals surface area contributed by atoms with Gasteiger partial charge in [-0.1, -0.05) is 29.8 Å². The molecule has 22 heavy (non-hydrogen) atoms. The predicted molar refractivity (Wildman–Crippen MR) is 92.5 cm³/mol. The van der Waals surface area contributed by atoms with E-state index in [9.17, 15) is 4.79 Å². The summed E-state index contributed by atoms with van der Waals surface area (Å²) >= 11 is 7.57. The van der Waals surface area contributed by atoms with Crippen molar-refractivity contribution in [3.05, 3.63) is 57.9 Å². The Bertz CT molecular complexity index is 857. The maximum Gasteiger partial charge on any atom is 0.266 e. The average molecular weight is 332 g/mol. The highest BCUT2D eigenvalue weighted by Gasteiger charge is 2.15. The Morgan fingerprint density at radius 1 is 1.23 bits per heavy atom. The Balaban J connectivity index is 1.90. The summed E-state index contributed by atoms with van der Waals surface area (Å²) in [5.41, 5.74) is 1.64. The first kappa shape index (κ1) is 14.9. The third-order valence-corrected chi connectivity index (χ3v) is 5.03. The van der Waals surface area contributed by atoms with Crippen molar-refractivity contribution in [3.8, 4) is 5.75 Å². The van der Waals surface area contributed by atoms with Gasteiger partial charge in [-0.2, -0.15) is 0 Å². The van der Waals surface area contributed by atoms with Crippen LogP contribution in [0.5, 0.6) is 5.75 Å². The van der Waals surface area contributed by atoms with Gasteiger partial charge in [0.25, 0.3) is 5.91 Å². The lowest BCUT2D eigenvalue weighted by atomic mass is 10.1.